The van der Waals surface area contributed by atoms with Gasteiger partial charge in [0.2, 0.25) is 5.96 Å². The number of nitrogens with two attached hydrogens (primary N) is 2. The van der Waals surface area contributed by atoms with Gasteiger partial charge in [-0.05, 0) is 31.6 Å². The number of guanidine groups is 1. The molecule has 0 aromatic carbocycles. The maximum atomic E-state index is 12.8. The molecule has 2 aliphatic carbocycles. The lowest BCUT2D eigenvalue weighted by Crippen LogP contribution is -2.36. The number of carbonyl (C=O) groups is 1. The Kier molecular flexibility index (Phi) is 5.07. The van der Waals surface area contributed by atoms with Crippen molar-refractivity contribution in [2.75, 3.05) is 0 Å². The molecule has 5 N–H and O–H groups in total. The number of hydrogen-bond acceptors (Lipinski definition) is 4. The van der Waals surface area contributed by atoms with Crippen LogP contribution in [0, 0.1) is 12.3 Å². The minimum Gasteiger partial charge on any atom is -0.455 e. The number of furan rings is 1. The van der Waals surface area contributed by atoms with Gasteiger partial charge >= 0.3 is 0 Å². The Morgan fingerprint density at radius 1 is 1.19 bits per heavy atom. The Labute approximate surface area is 154 Å². The maximum Gasteiger partial charge on any atom is 0.287 e. The smallest absolute Gasteiger partial charge is 0.287 e. The molecule has 0 bridgehead atoms. The zero-order valence-electron chi connectivity index (χ0n) is 15.9. The first-order valence-corrected chi connectivity index (χ1v) is 9.36. The summed E-state index contributed by atoms with van der Waals surface area (Å²) in [5, 5.41) is 11.2. The van der Waals surface area contributed by atoms with E-state index < -0.39 is 0 Å². The summed E-state index contributed by atoms with van der Waals surface area (Å²) in [5.41, 5.74) is 13.3. The van der Waals surface area contributed by atoms with Crippen molar-refractivity contribution in [3.05, 3.63) is 22.6 Å². The third-order valence-corrected chi connectivity index (χ3v) is 5.23. The van der Waals surface area contributed by atoms with Crippen LogP contribution in [0.2, 0.25) is 0 Å². The second kappa shape index (κ2) is 7.13. The van der Waals surface area contributed by atoms with Crippen LogP contribution in [0.1, 0.15) is 79.8 Å². The molecule has 1 aromatic rings. The fourth-order valence-electron chi connectivity index (χ4n) is 4.03. The van der Waals surface area contributed by atoms with Gasteiger partial charge in [-0.2, -0.15) is 5.10 Å². The summed E-state index contributed by atoms with van der Waals surface area (Å²) in [6.45, 7) is 6.18. The summed E-state index contributed by atoms with van der Waals surface area (Å²) in [4.78, 5) is 12.8. The summed E-state index contributed by atoms with van der Waals surface area (Å²) in [7, 11) is 0. The van der Waals surface area contributed by atoms with Crippen molar-refractivity contribution in [2.45, 2.75) is 71.8 Å². The van der Waals surface area contributed by atoms with Gasteiger partial charge in [0.05, 0.1) is 5.71 Å². The highest BCUT2D eigenvalue weighted by atomic mass is 16.4. The van der Waals surface area contributed by atoms with E-state index in [9.17, 15) is 4.79 Å². The zero-order valence-corrected chi connectivity index (χ0v) is 15.9. The molecule has 142 valence electrons. The SMILES string of the molecule is Cc1c(C(=O)NC2CCCCC2)oc2c1/C(=N\N=C(N)N)CC(C)(C)C2. The molecule has 0 aliphatic heterocycles. The van der Waals surface area contributed by atoms with E-state index in [-0.39, 0.29) is 23.3 Å². The van der Waals surface area contributed by atoms with E-state index in [0.29, 0.717) is 5.76 Å². The lowest BCUT2D eigenvalue weighted by Gasteiger charge is -2.29. The van der Waals surface area contributed by atoms with Crippen LogP contribution in [-0.2, 0) is 6.42 Å². The number of fused-ring (bicyclic) bond motifs is 1. The molecule has 0 radical (unpaired) electrons. The molecule has 3 rings (SSSR count). The molecule has 1 amide bonds. The molecule has 2 aliphatic rings. The average Bonchev–Trinajstić information content (AvgIpc) is 2.89. The summed E-state index contributed by atoms with van der Waals surface area (Å²) >= 11 is 0. The quantitative estimate of drug-likeness (QED) is 0.436. The number of nitrogens with one attached hydrogen (secondary N) is 1. The van der Waals surface area contributed by atoms with E-state index in [1.165, 1.54) is 19.3 Å². The first-order valence-electron chi connectivity index (χ1n) is 9.36. The normalized spacial score (nSPS) is 21.3. The van der Waals surface area contributed by atoms with E-state index in [4.69, 9.17) is 15.9 Å². The molecule has 0 spiro atoms. The Morgan fingerprint density at radius 3 is 2.54 bits per heavy atom. The van der Waals surface area contributed by atoms with Crippen LogP contribution in [0.15, 0.2) is 14.6 Å². The van der Waals surface area contributed by atoms with Gasteiger partial charge in [-0.25, -0.2) is 0 Å². The molecule has 0 atom stereocenters. The largest absolute Gasteiger partial charge is 0.455 e. The molecule has 7 nitrogen and oxygen atoms in total. The van der Waals surface area contributed by atoms with Crippen LogP contribution in [0.5, 0.6) is 0 Å². The second-order valence-electron chi connectivity index (χ2n) is 8.25. The van der Waals surface area contributed by atoms with Crippen LogP contribution < -0.4 is 16.8 Å². The molecule has 1 aromatic heterocycles. The van der Waals surface area contributed by atoms with Gasteiger partial charge in [-0.3, -0.25) is 4.79 Å². The van der Waals surface area contributed by atoms with Gasteiger partial charge in [0.25, 0.3) is 5.91 Å². The Hall–Kier alpha value is -2.31. The van der Waals surface area contributed by atoms with Crippen LogP contribution in [0.3, 0.4) is 0 Å². The minimum absolute atomic E-state index is 0.0356. The first kappa shape index (κ1) is 18.5. The first-order chi connectivity index (χ1) is 12.3. The standard InChI is InChI=1S/C19H29N5O2/c1-11-15-13(23-24-18(20)21)9-19(2,3)10-14(15)26-16(11)17(25)22-12-7-5-4-6-8-12/h12H,4-10H2,1-3H3,(H,22,25)(H4,20,21,24)/b23-13-. The van der Waals surface area contributed by atoms with Crippen molar-refractivity contribution in [2.24, 2.45) is 27.1 Å². The van der Waals surface area contributed by atoms with Gasteiger partial charge in [-0.15, -0.1) is 5.10 Å². The van der Waals surface area contributed by atoms with E-state index in [2.05, 4.69) is 29.4 Å². The maximum absolute atomic E-state index is 12.8. The van der Waals surface area contributed by atoms with E-state index >= 15 is 0 Å². The molecule has 26 heavy (non-hydrogen) atoms. The van der Waals surface area contributed by atoms with Crippen molar-refractivity contribution in [3.63, 3.8) is 0 Å². The molecule has 1 heterocycles. The van der Waals surface area contributed by atoms with Crippen molar-refractivity contribution >= 4 is 17.6 Å². The highest BCUT2D eigenvalue weighted by Gasteiger charge is 2.36. The van der Waals surface area contributed by atoms with Gasteiger partial charge in [-0.1, -0.05) is 33.1 Å². The molecule has 1 saturated carbocycles. The predicted octanol–water partition coefficient (Wildman–Crippen LogP) is 2.60. The lowest BCUT2D eigenvalue weighted by molar-refractivity contribution is 0.0895. The topological polar surface area (TPSA) is 119 Å². The third-order valence-electron chi connectivity index (χ3n) is 5.23. The Morgan fingerprint density at radius 2 is 1.88 bits per heavy atom. The number of rotatable bonds is 3. The summed E-state index contributed by atoms with van der Waals surface area (Å²) in [6.07, 6.45) is 7.14. The number of hydrogen-bond donors (Lipinski definition) is 3. The van der Waals surface area contributed by atoms with Crippen molar-refractivity contribution < 1.29 is 9.21 Å². The number of nitrogens with zero attached hydrogens (tertiary/aromatic N) is 2. The van der Waals surface area contributed by atoms with Crippen LogP contribution in [0.4, 0.5) is 0 Å². The van der Waals surface area contributed by atoms with Crippen LogP contribution in [-0.4, -0.2) is 23.6 Å². The highest BCUT2D eigenvalue weighted by molar-refractivity contribution is 6.07. The van der Waals surface area contributed by atoms with Gasteiger partial charge in [0, 0.05) is 23.6 Å². The van der Waals surface area contributed by atoms with E-state index in [1.54, 1.807) is 0 Å². The van der Waals surface area contributed by atoms with Gasteiger partial charge < -0.3 is 21.2 Å². The molecular formula is C19H29N5O2. The average molecular weight is 359 g/mol. The summed E-state index contributed by atoms with van der Waals surface area (Å²) < 4.78 is 6.01. The molecular weight excluding hydrogens is 330 g/mol. The highest BCUT2D eigenvalue weighted by Crippen LogP contribution is 2.39. The summed E-state index contributed by atoms with van der Waals surface area (Å²) in [6, 6.07) is 0.240. The van der Waals surface area contributed by atoms with Gasteiger partial charge in [0.15, 0.2) is 5.76 Å². The Bertz CT molecular complexity index is 750. The molecule has 1 fully saturated rings. The van der Waals surface area contributed by atoms with Crippen LogP contribution >= 0.6 is 0 Å². The lowest BCUT2D eigenvalue weighted by atomic mass is 9.75. The summed E-state index contributed by atoms with van der Waals surface area (Å²) in [5.74, 6) is 0.953. The van der Waals surface area contributed by atoms with Crippen molar-refractivity contribution in [1.29, 1.82) is 0 Å². The van der Waals surface area contributed by atoms with Crippen molar-refractivity contribution in [1.82, 2.24) is 5.32 Å². The minimum atomic E-state index is -0.136. The number of amides is 1. The van der Waals surface area contributed by atoms with Crippen molar-refractivity contribution in [3.8, 4) is 0 Å². The monoisotopic (exact) mass is 359 g/mol. The molecule has 0 saturated heterocycles. The van der Waals surface area contributed by atoms with Crippen LogP contribution in [0.25, 0.3) is 0 Å². The fraction of sp³-hybridized carbons (Fsp3) is 0.632. The molecule has 7 heteroatoms. The Balaban J connectivity index is 1.92. The van der Waals surface area contributed by atoms with E-state index in [1.807, 2.05) is 6.92 Å². The van der Waals surface area contributed by atoms with Gasteiger partial charge in [0.1, 0.15) is 5.76 Å². The third kappa shape index (κ3) is 3.92. The predicted molar refractivity (Wildman–Crippen MR) is 102 cm³/mol. The second-order valence-corrected chi connectivity index (χ2v) is 8.25. The fourth-order valence-corrected chi connectivity index (χ4v) is 4.03. The zero-order chi connectivity index (χ0) is 18.9. The molecule has 0 unspecified atom stereocenters. The van der Waals surface area contributed by atoms with E-state index in [0.717, 1.165) is 48.3 Å². The number of carbonyl (C=O) groups excluding carboxylic acids is 1.